The van der Waals surface area contributed by atoms with Crippen LogP contribution >= 0.6 is 0 Å². The quantitative estimate of drug-likeness (QED) is 0.859. The van der Waals surface area contributed by atoms with Crippen molar-refractivity contribution in [1.82, 2.24) is 9.88 Å². The zero-order chi connectivity index (χ0) is 20.1. The molecule has 0 saturated carbocycles. The van der Waals surface area contributed by atoms with Gasteiger partial charge in [0.1, 0.15) is 17.0 Å². The number of hydrogen-bond donors (Lipinski definition) is 1. The second kappa shape index (κ2) is 6.66. The third kappa shape index (κ3) is 3.77. The van der Waals surface area contributed by atoms with Crippen molar-refractivity contribution in [2.75, 3.05) is 18.0 Å². The zero-order valence-corrected chi connectivity index (χ0v) is 17.6. The first kappa shape index (κ1) is 19.9. The van der Waals surface area contributed by atoms with Crippen molar-refractivity contribution >= 4 is 11.9 Å². The van der Waals surface area contributed by atoms with Gasteiger partial charge in [-0.15, -0.1) is 0 Å². The van der Waals surface area contributed by atoms with Gasteiger partial charge in [-0.3, -0.25) is 0 Å². The van der Waals surface area contributed by atoms with Crippen LogP contribution in [0.2, 0.25) is 0 Å². The summed E-state index contributed by atoms with van der Waals surface area (Å²) in [7, 11) is 0. The van der Waals surface area contributed by atoms with Crippen LogP contribution in [0.3, 0.4) is 0 Å². The lowest BCUT2D eigenvalue weighted by Crippen LogP contribution is -2.58. The van der Waals surface area contributed by atoms with Crippen LogP contribution in [0.5, 0.6) is 0 Å². The number of hydrogen-bond acceptors (Lipinski definition) is 5. The van der Waals surface area contributed by atoms with Gasteiger partial charge in [0.15, 0.2) is 0 Å². The number of carbonyl (C=O) groups excluding carboxylic acids is 1. The van der Waals surface area contributed by atoms with Crippen LogP contribution in [-0.4, -0.2) is 51.9 Å². The maximum atomic E-state index is 12.5. The van der Waals surface area contributed by atoms with Gasteiger partial charge in [0.2, 0.25) is 0 Å². The van der Waals surface area contributed by atoms with Crippen LogP contribution in [0.4, 0.5) is 10.6 Å². The average Bonchev–Trinajstić information content (AvgIpc) is 2.90. The fourth-order valence-corrected chi connectivity index (χ4v) is 3.90. The summed E-state index contributed by atoms with van der Waals surface area (Å²) in [5, 5.41) is 10.8. The van der Waals surface area contributed by atoms with Crippen LogP contribution in [0.15, 0.2) is 12.1 Å². The second-order valence-corrected chi connectivity index (χ2v) is 9.48. The molecule has 3 heterocycles. The lowest BCUT2D eigenvalue weighted by atomic mass is 9.88. The monoisotopic (exact) mass is 375 g/mol. The lowest BCUT2D eigenvalue weighted by Gasteiger charge is -2.43. The molecule has 0 spiro atoms. The number of carbonyl (C=O) groups is 1. The molecule has 1 aromatic rings. The molecule has 150 valence electrons. The third-order valence-corrected chi connectivity index (χ3v) is 5.73. The summed E-state index contributed by atoms with van der Waals surface area (Å²) in [5.74, 6) is 1.02. The van der Waals surface area contributed by atoms with Crippen molar-refractivity contribution in [1.29, 1.82) is 0 Å². The van der Waals surface area contributed by atoms with Crippen molar-refractivity contribution in [2.45, 2.75) is 78.2 Å². The minimum atomic E-state index is -0.964. The van der Waals surface area contributed by atoms with Crippen LogP contribution < -0.4 is 4.90 Å². The van der Waals surface area contributed by atoms with Gasteiger partial charge in [-0.2, -0.15) is 0 Å². The summed E-state index contributed by atoms with van der Waals surface area (Å²) < 4.78 is 5.56. The Kier molecular flexibility index (Phi) is 4.91. The van der Waals surface area contributed by atoms with Crippen molar-refractivity contribution in [3.05, 3.63) is 23.4 Å². The van der Waals surface area contributed by atoms with E-state index in [2.05, 4.69) is 17.9 Å². The fourth-order valence-electron chi connectivity index (χ4n) is 3.90. The van der Waals surface area contributed by atoms with Gasteiger partial charge in [-0.25, -0.2) is 9.78 Å². The first-order valence-electron chi connectivity index (χ1n) is 9.89. The van der Waals surface area contributed by atoms with Crippen LogP contribution in [0.1, 0.15) is 59.7 Å². The van der Waals surface area contributed by atoms with E-state index in [1.165, 1.54) is 5.56 Å². The smallest absolute Gasteiger partial charge is 0.410 e. The molecule has 1 saturated heterocycles. The molecule has 0 radical (unpaired) electrons. The number of aliphatic hydroxyl groups is 1. The largest absolute Gasteiger partial charge is 0.444 e. The molecule has 2 aliphatic heterocycles. The van der Waals surface area contributed by atoms with Crippen molar-refractivity contribution in [3.8, 4) is 0 Å². The van der Waals surface area contributed by atoms with Crippen molar-refractivity contribution in [2.24, 2.45) is 5.92 Å². The van der Waals surface area contributed by atoms with Gasteiger partial charge >= 0.3 is 6.09 Å². The molecule has 6 heteroatoms. The molecule has 1 amide bonds. The average molecular weight is 376 g/mol. The fraction of sp³-hybridized carbons (Fsp3) is 0.714. The standard InChI is InChI=1S/C21H33N3O3/c1-13(2)21(7,26)17-9-8-15-10-16-12-23(19(25)27-20(4,5)6)11-14(3)24(16)18(15)22-17/h8-9,13-14,16,26H,10-12H2,1-7H3/t14-,16-,21?/m1/s1. The molecular formula is C21H33N3O3. The van der Waals surface area contributed by atoms with Crippen molar-refractivity contribution in [3.63, 3.8) is 0 Å². The Labute approximate surface area is 162 Å². The van der Waals surface area contributed by atoms with E-state index in [0.29, 0.717) is 18.8 Å². The minimum absolute atomic E-state index is 0.0710. The highest BCUT2D eigenvalue weighted by molar-refractivity contribution is 5.69. The normalized spacial score (nSPS) is 24.5. The number of amides is 1. The predicted molar refractivity (Wildman–Crippen MR) is 106 cm³/mol. The lowest BCUT2D eigenvalue weighted by molar-refractivity contribution is 0.00493. The Hall–Kier alpha value is -1.82. The molecule has 0 aromatic carbocycles. The van der Waals surface area contributed by atoms with E-state index in [0.717, 1.165) is 12.2 Å². The van der Waals surface area contributed by atoms with Gasteiger partial charge in [0.25, 0.3) is 0 Å². The molecule has 3 rings (SSSR count). The first-order valence-corrected chi connectivity index (χ1v) is 9.89. The Bertz CT molecular complexity index is 724. The Morgan fingerprint density at radius 1 is 1.26 bits per heavy atom. The minimum Gasteiger partial charge on any atom is -0.444 e. The molecule has 3 atom stereocenters. The van der Waals surface area contributed by atoms with Crippen LogP contribution in [-0.2, 0) is 16.8 Å². The third-order valence-electron chi connectivity index (χ3n) is 5.73. The highest BCUT2D eigenvalue weighted by atomic mass is 16.6. The molecule has 2 aliphatic rings. The highest BCUT2D eigenvalue weighted by Gasteiger charge is 2.42. The summed E-state index contributed by atoms with van der Waals surface area (Å²) in [6, 6.07) is 4.36. The molecule has 6 nitrogen and oxygen atoms in total. The van der Waals surface area contributed by atoms with Crippen LogP contribution in [0.25, 0.3) is 0 Å². The van der Waals surface area contributed by atoms with Crippen LogP contribution in [0, 0.1) is 5.92 Å². The van der Waals surface area contributed by atoms with E-state index in [-0.39, 0.29) is 24.1 Å². The summed E-state index contributed by atoms with van der Waals surface area (Å²) in [4.78, 5) is 21.5. The summed E-state index contributed by atoms with van der Waals surface area (Å²) in [5.41, 5.74) is 0.434. The summed E-state index contributed by atoms with van der Waals surface area (Å²) >= 11 is 0. The Balaban J connectivity index is 1.83. The predicted octanol–water partition coefficient (Wildman–Crippen LogP) is 3.32. The maximum absolute atomic E-state index is 12.5. The van der Waals surface area contributed by atoms with E-state index < -0.39 is 11.2 Å². The summed E-state index contributed by atoms with van der Waals surface area (Å²) in [6.45, 7) is 14.9. The molecule has 1 N–H and O–H groups in total. The van der Waals surface area contributed by atoms with Gasteiger partial charge < -0.3 is 19.6 Å². The van der Waals surface area contributed by atoms with Gasteiger partial charge in [-0.1, -0.05) is 19.9 Å². The van der Waals surface area contributed by atoms with Crippen molar-refractivity contribution < 1.29 is 14.6 Å². The number of piperazine rings is 1. The first-order chi connectivity index (χ1) is 12.4. The van der Waals surface area contributed by atoms with E-state index in [9.17, 15) is 9.90 Å². The number of rotatable bonds is 2. The van der Waals surface area contributed by atoms with Gasteiger partial charge in [0.05, 0.1) is 11.7 Å². The zero-order valence-electron chi connectivity index (χ0n) is 17.6. The molecule has 1 fully saturated rings. The van der Waals surface area contributed by atoms with E-state index in [1.54, 1.807) is 0 Å². The molecule has 0 bridgehead atoms. The number of fused-ring (bicyclic) bond motifs is 3. The molecule has 0 aliphatic carbocycles. The molecule has 1 unspecified atom stereocenters. The number of anilines is 1. The topological polar surface area (TPSA) is 65.9 Å². The van der Waals surface area contributed by atoms with E-state index in [4.69, 9.17) is 9.72 Å². The molecular weight excluding hydrogens is 342 g/mol. The van der Waals surface area contributed by atoms with E-state index in [1.807, 2.05) is 52.5 Å². The number of pyridine rings is 1. The highest BCUT2D eigenvalue weighted by Crippen LogP contribution is 2.38. The van der Waals surface area contributed by atoms with Gasteiger partial charge in [-0.05, 0) is 58.6 Å². The number of aromatic nitrogens is 1. The van der Waals surface area contributed by atoms with Gasteiger partial charge in [0, 0.05) is 19.1 Å². The summed E-state index contributed by atoms with van der Waals surface area (Å²) in [6.07, 6.45) is 0.608. The Morgan fingerprint density at radius 2 is 1.93 bits per heavy atom. The molecule has 1 aromatic heterocycles. The Morgan fingerprint density at radius 3 is 2.52 bits per heavy atom. The molecule has 27 heavy (non-hydrogen) atoms. The maximum Gasteiger partial charge on any atom is 0.410 e. The number of nitrogens with zero attached hydrogens (tertiary/aromatic N) is 3. The number of ether oxygens (including phenoxy) is 1. The van der Waals surface area contributed by atoms with E-state index >= 15 is 0 Å². The second-order valence-electron chi connectivity index (χ2n) is 9.48. The SMILES string of the molecule is CC(C)C(C)(O)c1ccc2c(n1)N1[C@H](C2)CN(C(=O)OC(C)(C)C)C[C@H]1C.